The van der Waals surface area contributed by atoms with Gasteiger partial charge < -0.3 is 20.3 Å². The van der Waals surface area contributed by atoms with Crippen LogP contribution in [-0.4, -0.2) is 34.9 Å². The van der Waals surface area contributed by atoms with Crippen molar-refractivity contribution in [2.75, 3.05) is 24.6 Å². The van der Waals surface area contributed by atoms with Crippen LogP contribution >= 0.6 is 0 Å². The Morgan fingerprint density at radius 3 is 2.62 bits per heavy atom. The lowest BCUT2D eigenvalue weighted by Gasteiger charge is -2.16. The molecular formula is C10H18N4O2. The zero-order valence-electron chi connectivity index (χ0n) is 9.30. The molecule has 1 saturated heterocycles. The Morgan fingerprint density at radius 2 is 2.00 bits per heavy atom. The summed E-state index contributed by atoms with van der Waals surface area (Å²) in [5.41, 5.74) is 5.60. The van der Waals surface area contributed by atoms with E-state index < -0.39 is 6.04 Å². The van der Waals surface area contributed by atoms with Gasteiger partial charge in [0, 0.05) is 13.1 Å². The lowest BCUT2D eigenvalue weighted by molar-refractivity contribution is 0.237. The molecule has 6 heteroatoms. The summed E-state index contributed by atoms with van der Waals surface area (Å²) < 4.78 is 5.02. The summed E-state index contributed by atoms with van der Waals surface area (Å²) in [6.45, 7) is 1.75. The molecule has 1 aliphatic rings. The van der Waals surface area contributed by atoms with Crippen molar-refractivity contribution in [3.63, 3.8) is 0 Å². The summed E-state index contributed by atoms with van der Waals surface area (Å²) in [5, 5.41) is 12.8. The number of rotatable bonds is 3. The van der Waals surface area contributed by atoms with E-state index >= 15 is 0 Å². The molecule has 1 aliphatic heterocycles. The molecule has 90 valence electrons. The quantitative estimate of drug-likeness (QED) is 0.777. The second-order valence-electron chi connectivity index (χ2n) is 4.12. The molecule has 0 amide bonds. The maximum atomic E-state index is 8.89. The first-order valence-corrected chi connectivity index (χ1v) is 5.76. The van der Waals surface area contributed by atoms with E-state index in [1.54, 1.807) is 0 Å². The summed E-state index contributed by atoms with van der Waals surface area (Å²) >= 11 is 0. The molecular weight excluding hydrogens is 208 g/mol. The smallest absolute Gasteiger partial charge is 0.266 e. The Morgan fingerprint density at radius 1 is 1.31 bits per heavy atom. The van der Waals surface area contributed by atoms with Gasteiger partial charge in [-0.2, -0.15) is 4.98 Å². The molecule has 2 rings (SSSR count). The second-order valence-corrected chi connectivity index (χ2v) is 4.12. The first kappa shape index (κ1) is 11.3. The van der Waals surface area contributed by atoms with E-state index in [0.29, 0.717) is 11.8 Å². The number of aromatic nitrogens is 2. The van der Waals surface area contributed by atoms with Crippen LogP contribution < -0.4 is 10.6 Å². The minimum atomic E-state index is -0.576. The maximum absolute atomic E-state index is 8.89. The van der Waals surface area contributed by atoms with Gasteiger partial charge in [-0.1, -0.05) is 12.8 Å². The van der Waals surface area contributed by atoms with Gasteiger partial charge in [0.25, 0.3) is 5.95 Å². The molecule has 0 radical (unpaired) electrons. The zero-order valence-corrected chi connectivity index (χ0v) is 9.30. The normalized spacial score (nSPS) is 19.5. The average molecular weight is 226 g/mol. The summed E-state index contributed by atoms with van der Waals surface area (Å²) in [6.07, 6.45) is 4.85. The predicted molar refractivity (Wildman–Crippen MR) is 59.0 cm³/mol. The van der Waals surface area contributed by atoms with E-state index in [1.165, 1.54) is 12.8 Å². The van der Waals surface area contributed by atoms with Crippen molar-refractivity contribution in [3.05, 3.63) is 5.89 Å². The first-order chi connectivity index (χ1) is 7.81. The van der Waals surface area contributed by atoms with Crippen LogP contribution in [0.4, 0.5) is 5.95 Å². The molecule has 0 saturated carbocycles. The highest BCUT2D eigenvalue weighted by Crippen LogP contribution is 2.17. The third kappa shape index (κ3) is 2.51. The van der Waals surface area contributed by atoms with Gasteiger partial charge in [0.1, 0.15) is 6.04 Å². The molecule has 6 nitrogen and oxygen atoms in total. The van der Waals surface area contributed by atoms with Crippen LogP contribution in [0.1, 0.15) is 37.6 Å². The van der Waals surface area contributed by atoms with Crippen molar-refractivity contribution in [2.24, 2.45) is 5.73 Å². The zero-order chi connectivity index (χ0) is 11.4. The summed E-state index contributed by atoms with van der Waals surface area (Å²) in [6, 6.07) is -0.576. The van der Waals surface area contributed by atoms with Gasteiger partial charge in [-0.15, -0.1) is 0 Å². The van der Waals surface area contributed by atoms with Crippen LogP contribution in [0.15, 0.2) is 4.52 Å². The molecule has 0 aliphatic carbocycles. The van der Waals surface area contributed by atoms with E-state index in [4.69, 9.17) is 15.4 Å². The lowest BCUT2D eigenvalue weighted by atomic mass is 10.2. The Hall–Kier alpha value is -1.14. The molecule has 1 aromatic rings. The Balaban J connectivity index is 2.05. The van der Waals surface area contributed by atoms with Crippen molar-refractivity contribution < 1.29 is 9.63 Å². The van der Waals surface area contributed by atoms with Crippen LogP contribution in [-0.2, 0) is 0 Å². The third-order valence-electron chi connectivity index (χ3n) is 2.83. The fourth-order valence-electron chi connectivity index (χ4n) is 1.85. The number of hydrogen-bond donors (Lipinski definition) is 2. The van der Waals surface area contributed by atoms with E-state index in [1.807, 2.05) is 0 Å². The molecule has 3 N–H and O–H groups in total. The molecule has 1 aromatic heterocycles. The van der Waals surface area contributed by atoms with Crippen LogP contribution in [0, 0.1) is 0 Å². The van der Waals surface area contributed by atoms with Gasteiger partial charge in [0.15, 0.2) is 0 Å². The van der Waals surface area contributed by atoms with Gasteiger partial charge in [-0.25, -0.2) is 0 Å². The average Bonchev–Trinajstić information content (AvgIpc) is 2.64. The second kappa shape index (κ2) is 5.27. The van der Waals surface area contributed by atoms with Crippen molar-refractivity contribution >= 4 is 5.95 Å². The van der Waals surface area contributed by atoms with Crippen LogP contribution in [0.2, 0.25) is 0 Å². The molecule has 0 unspecified atom stereocenters. The van der Waals surface area contributed by atoms with Gasteiger partial charge in [0.05, 0.1) is 6.61 Å². The van der Waals surface area contributed by atoms with Crippen LogP contribution in [0.3, 0.4) is 0 Å². The fraction of sp³-hybridized carbons (Fsp3) is 0.800. The number of aliphatic hydroxyl groups is 1. The van der Waals surface area contributed by atoms with Crippen molar-refractivity contribution in [1.82, 2.24) is 10.1 Å². The van der Waals surface area contributed by atoms with E-state index in [-0.39, 0.29) is 6.61 Å². The maximum Gasteiger partial charge on any atom is 0.266 e. The monoisotopic (exact) mass is 226 g/mol. The number of nitrogens with zero attached hydrogens (tertiary/aromatic N) is 3. The van der Waals surface area contributed by atoms with E-state index in [2.05, 4.69) is 15.0 Å². The first-order valence-electron chi connectivity index (χ1n) is 5.76. The minimum absolute atomic E-state index is 0.179. The fourth-order valence-corrected chi connectivity index (χ4v) is 1.85. The van der Waals surface area contributed by atoms with Crippen LogP contribution in [0.25, 0.3) is 0 Å². The molecule has 0 aromatic carbocycles. The highest BCUT2D eigenvalue weighted by Gasteiger charge is 2.18. The number of nitrogens with two attached hydrogens (primary N) is 1. The van der Waals surface area contributed by atoms with Gasteiger partial charge >= 0.3 is 0 Å². The summed E-state index contributed by atoms with van der Waals surface area (Å²) in [5.74, 6) is 0.905. The highest BCUT2D eigenvalue weighted by molar-refractivity contribution is 5.27. The number of hydrogen-bond acceptors (Lipinski definition) is 6. The Kier molecular flexibility index (Phi) is 3.74. The highest BCUT2D eigenvalue weighted by atomic mass is 16.5. The molecule has 1 fully saturated rings. The van der Waals surface area contributed by atoms with E-state index in [9.17, 15) is 0 Å². The minimum Gasteiger partial charge on any atom is -0.394 e. The van der Waals surface area contributed by atoms with Gasteiger partial charge in [0.2, 0.25) is 5.89 Å². The Bertz CT molecular complexity index is 320. The molecule has 1 atom stereocenters. The standard InChI is InChI=1S/C10H18N4O2/c11-8(7-15)9-12-10(13-16-9)14-5-3-1-2-4-6-14/h8,15H,1-7,11H2/t8-/m1/s1. The van der Waals surface area contributed by atoms with Gasteiger partial charge in [-0.3, -0.25) is 0 Å². The van der Waals surface area contributed by atoms with Gasteiger partial charge in [-0.05, 0) is 18.0 Å². The molecule has 0 bridgehead atoms. The predicted octanol–water partition coefficient (Wildman–Crippen LogP) is 0.442. The number of aliphatic hydroxyl groups excluding tert-OH is 1. The lowest BCUT2D eigenvalue weighted by Crippen LogP contribution is -2.25. The topological polar surface area (TPSA) is 88.4 Å². The SMILES string of the molecule is N[C@H](CO)c1nc(N2CCCCCC2)no1. The molecule has 2 heterocycles. The summed E-state index contributed by atoms with van der Waals surface area (Å²) in [4.78, 5) is 6.32. The Labute approximate surface area is 94.4 Å². The third-order valence-corrected chi connectivity index (χ3v) is 2.83. The summed E-state index contributed by atoms with van der Waals surface area (Å²) in [7, 11) is 0. The van der Waals surface area contributed by atoms with Crippen molar-refractivity contribution in [3.8, 4) is 0 Å². The number of anilines is 1. The van der Waals surface area contributed by atoms with Crippen molar-refractivity contribution in [2.45, 2.75) is 31.7 Å². The van der Waals surface area contributed by atoms with Crippen molar-refractivity contribution in [1.29, 1.82) is 0 Å². The van der Waals surface area contributed by atoms with E-state index in [0.717, 1.165) is 25.9 Å². The molecule has 0 spiro atoms. The van der Waals surface area contributed by atoms with Crippen LogP contribution in [0.5, 0.6) is 0 Å². The molecule has 16 heavy (non-hydrogen) atoms. The largest absolute Gasteiger partial charge is 0.394 e.